The lowest BCUT2D eigenvalue weighted by Gasteiger charge is -2.12. The minimum absolute atomic E-state index is 0.168. The molecular weight excluding hydrogens is 320 g/mol. The van der Waals surface area contributed by atoms with Gasteiger partial charge in [-0.2, -0.15) is 5.21 Å². The number of benzene rings is 1. The smallest absolute Gasteiger partial charge is 0.239 e. The quantitative estimate of drug-likeness (QED) is 0.707. The molecule has 0 saturated heterocycles. The largest absolute Gasteiger partial charge is 0.493 e. The summed E-state index contributed by atoms with van der Waals surface area (Å²) in [5, 5.41) is 14.1. The molecule has 0 bridgehead atoms. The second-order valence-corrected chi connectivity index (χ2v) is 6.42. The maximum Gasteiger partial charge on any atom is 0.239 e. The highest BCUT2D eigenvalue weighted by atomic mass is 16.5. The highest BCUT2D eigenvalue weighted by Crippen LogP contribution is 2.29. The van der Waals surface area contributed by atoms with Gasteiger partial charge in [-0.05, 0) is 35.6 Å². The van der Waals surface area contributed by atoms with Crippen LogP contribution in [0.2, 0.25) is 0 Å². The van der Waals surface area contributed by atoms with E-state index in [1.807, 2.05) is 12.1 Å². The van der Waals surface area contributed by atoms with Crippen LogP contribution in [0.5, 0.6) is 5.75 Å². The number of nitrogens with zero attached hydrogens (tertiary/aromatic N) is 3. The number of ether oxygens (including phenoxy) is 1. The van der Waals surface area contributed by atoms with Crippen LogP contribution in [0.3, 0.4) is 0 Å². The standard InChI is InChI=1S/C18H22N4O3/c1-4-5-12-6-7-14(24-9-8-11(2)3)16-13(23)10-15(25-17(12)16)18-19-21-22-20-18/h6-7,10-11H,4-5,8-9H2,1-3H3,(H,19,20,21,22). The Morgan fingerprint density at radius 2 is 2.16 bits per heavy atom. The number of rotatable bonds is 7. The molecule has 2 heterocycles. The van der Waals surface area contributed by atoms with E-state index in [9.17, 15) is 4.79 Å². The van der Waals surface area contributed by atoms with Crippen molar-refractivity contribution in [2.24, 2.45) is 5.92 Å². The van der Waals surface area contributed by atoms with Gasteiger partial charge in [-0.3, -0.25) is 4.79 Å². The fourth-order valence-electron chi connectivity index (χ4n) is 2.66. The number of aromatic nitrogens is 4. The number of aryl methyl sites for hydroxylation is 1. The van der Waals surface area contributed by atoms with Gasteiger partial charge >= 0.3 is 0 Å². The Morgan fingerprint density at radius 3 is 2.84 bits per heavy atom. The number of aromatic amines is 1. The van der Waals surface area contributed by atoms with Gasteiger partial charge in [-0.25, -0.2) is 0 Å². The number of nitrogens with one attached hydrogen (secondary N) is 1. The van der Waals surface area contributed by atoms with Crippen molar-refractivity contribution >= 4 is 11.0 Å². The third-order valence-corrected chi connectivity index (χ3v) is 3.96. The van der Waals surface area contributed by atoms with Crippen LogP contribution in [0.1, 0.15) is 39.2 Å². The average molecular weight is 342 g/mol. The minimum atomic E-state index is -0.168. The number of hydrogen-bond acceptors (Lipinski definition) is 6. The molecule has 0 fully saturated rings. The molecule has 132 valence electrons. The third-order valence-electron chi connectivity index (χ3n) is 3.96. The van der Waals surface area contributed by atoms with E-state index in [-0.39, 0.29) is 11.3 Å². The Bertz CT molecular complexity index is 901. The van der Waals surface area contributed by atoms with E-state index in [4.69, 9.17) is 9.15 Å². The van der Waals surface area contributed by atoms with E-state index in [1.165, 1.54) is 6.07 Å². The molecule has 3 aromatic rings. The molecule has 0 spiro atoms. The van der Waals surface area contributed by atoms with Crippen LogP contribution in [0.15, 0.2) is 27.4 Å². The molecule has 0 amide bonds. The van der Waals surface area contributed by atoms with Crippen LogP contribution in [0, 0.1) is 5.92 Å². The van der Waals surface area contributed by atoms with Crippen molar-refractivity contribution in [3.63, 3.8) is 0 Å². The molecule has 7 heteroatoms. The van der Waals surface area contributed by atoms with Gasteiger partial charge in [0.05, 0.1) is 6.61 Å². The van der Waals surface area contributed by atoms with Crippen LogP contribution in [0.25, 0.3) is 22.6 Å². The number of hydrogen-bond donors (Lipinski definition) is 1. The summed E-state index contributed by atoms with van der Waals surface area (Å²) in [5.41, 5.74) is 1.34. The van der Waals surface area contributed by atoms with Crippen LogP contribution < -0.4 is 10.2 Å². The maximum absolute atomic E-state index is 12.7. The molecule has 0 unspecified atom stereocenters. The van der Waals surface area contributed by atoms with E-state index < -0.39 is 0 Å². The first kappa shape index (κ1) is 17.1. The summed E-state index contributed by atoms with van der Waals surface area (Å²) in [4.78, 5) is 12.7. The zero-order valence-corrected chi connectivity index (χ0v) is 14.7. The summed E-state index contributed by atoms with van der Waals surface area (Å²) >= 11 is 0. The van der Waals surface area contributed by atoms with Gasteiger partial charge in [0.2, 0.25) is 5.82 Å². The van der Waals surface area contributed by atoms with E-state index in [1.54, 1.807) is 0 Å². The van der Waals surface area contributed by atoms with Crippen LogP contribution >= 0.6 is 0 Å². The van der Waals surface area contributed by atoms with Crippen molar-refractivity contribution in [1.82, 2.24) is 20.6 Å². The van der Waals surface area contributed by atoms with Gasteiger partial charge in [0, 0.05) is 6.07 Å². The maximum atomic E-state index is 12.7. The SMILES string of the molecule is CCCc1ccc(OCCC(C)C)c2c(=O)cc(-c3nn[nH]n3)oc12. The molecule has 2 aromatic heterocycles. The summed E-state index contributed by atoms with van der Waals surface area (Å²) in [5.74, 6) is 1.64. The highest BCUT2D eigenvalue weighted by Gasteiger charge is 2.17. The minimum Gasteiger partial charge on any atom is -0.493 e. The lowest BCUT2D eigenvalue weighted by atomic mass is 10.1. The second kappa shape index (κ2) is 7.46. The van der Waals surface area contributed by atoms with Crippen LogP contribution in [0.4, 0.5) is 0 Å². The topological polar surface area (TPSA) is 93.9 Å². The summed E-state index contributed by atoms with van der Waals surface area (Å²) in [6.45, 7) is 6.92. The Labute approximate surface area is 145 Å². The molecule has 0 aliphatic heterocycles. The van der Waals surface area contributed by atoms with Crippen molar-refractivity contribution in [3.8, 4) is 17.3 Å². The first-order valence-corrected chi connectivity index (χ1v) is 8.56. The Kier molecular flexibility index (Phi) is 5.11. The van der Waals surface area contributed by atoms with E-state index in [0.717, 1.165) is 24.8 Å². The number of fused-ring (bicyclic) bond motifs is 1. The molecule has 0 saturated carbocycles. The zero-order chi connectivity index (χ0) is 17.8. The van der Waals surface area contributed by atoms with Gasteiger partial charge in [-0.15, -0.1) is 10.2 Å². The Hall–Kier alpha value is -2.70. The Balaban J connectivity index is 2.11. The molecule has 0 aliphatic rings. The summed E-state index contributed by atoms with van der Waals surface area (Å²) < 4.78 is 11.8. The normalized spacial score (nSPS) is 11.4. The van der Waals surface area contributed by atoms with Crippen molar-refractivity contribution < 1.29 is 9.15 Å². The molecule has 3 rings (SSSR count). The van der Waals surface area contributed by atoms with E-state index in [2.05, 4.69) is 41.4 Å². The number of tetrazole rings is 1. The fraction of sp³-hybridized carbons (Fsp3) is 0.444. The molecule has 0 aliphatic carbocycles. The van der Waals surface area contributed by atoms with Crippen LogP contribution in [-0.2, 0) is 6.42 Å². The lowest BCUT2D eigenvalue weighted by Crippen LogP contribution is -2.08. The molecule has 1 aromatic carbocycles. The van der Waals surface area contributed by atoms with Gasteiger partial charge < -0.3 is 9.15 Å². The summed E-state index contributed by atoms with van der Waals surface area (Å²) in [6.07, 6.45) is 2.67. The third kappa shape index (κ3) is 3.70. The molecule has 0 radical (unpaired) electrons. The highest BCUT2D eigenvalue weighted by molar-refractivity contribution is 5.87. The molecule has 25 heavy (non-hydrogen) atoms. The Morgan fingerprint density at radius 1 is 1.32 bits per heavy atom. The lowest BCUT2D eigenvalue weighted by molar-refractivity contribution is 0.292. The van der Waals surface area contributed by atoms with Gasteiger partial charge in [0.1, 0.15) is 16.7 Å². The summed E-state index contributed by atoms with van der Waals surface area (Å²) in [6, 6.07) is 5.20. The van der Waals surface area contributed by atoms with Crippen molar-refractivity contribution in [3.05, 3.63) is 34.0 Å². The van der Waals surface area contributed by atoms with Gasteiger partial charge in [-0.1, -0.05) is 33.3 Å². The number of H-pyrrole nitrogens is 1. The first-order valence-electron chi connectivity index (χ1n) is 8.56. The van der Waals surface area contributed by atoms with Crippen molar-refractivity contribution in [2.75, 3.05) is 6.61 Å². The molecule has 1 N–H and O–H groups in total. The van der Waals surface area contributed by atoms with Crippen LogP contribution in [-0.4, -0.2) is 27.2 Å². The molecule has 7 nitrogen and oxygen atoms in total. The predicted octanol–water partition coefficient (Wildman–Crippen LogP) is 3.35. The van der Waals surface area contributed by atoms with Gasteiger partial charge in [0.15, 0.2) is 11.2 Å². The monoisotopic (exact) mass is 342 g/mol. The fourth-order valence-corrected chi connectivity index (χ4v) is 2.66. The second-order valence-electron chi connectivity index (χ2n) is 6.42. The molecule has 0 atom stereocenters. The van der Waals surface area contributed by atoms with Crippen molar-refractivity contribution in [1.29, 1.82) is 0 Å². The predicted molar refractivity (Wildman–Crippen MR) is 94.6 cm³/mol. The zero-order valence-electron chi connectivity index (χ0n) is 14.7. The first-order chi connectivity index (χ1) is 12.1. The molecular formula is C18H22N4O3. The average Bonchev–Trinajstić information content (AvgIpc) is 3.11. The van der Waals surface area contributed by atoms with Crippen molar-refractivity contribution in [2.45, 2.75) is 40.0 Å². The van der Waals surface area contributed by atoms with E-state index >= 15 is 0 Å². The summed E-state index contributed by atoms with van der Waals surface area (Å²) in [7, 11) is 0. The van der Waals surface area contributed by atoms with E-state index in [0.29, 0.717) is 35.0 Å². The van der Waals surface area contributed by atoms with Gasteiger partial charge in [0.25, 0.3) is 0 Å².